The largest absolute Gasteiger partial charge is 0.381 e. The minimum Gasteiger partial charge on any atom is -0.381 e. The van der Waals surface area contributed by atoms with Gasteiger partial charge in [0.15, 0.2) is 0 Å². The van der Waals surface area contributed by atoms with Crippen LogP contribution in [0.25, 0.3) is 0 Å². The number of rotatable bonds is 6. The molecule has 1 aliphatic heterocycles. The number of hydrogen-bond acceptors (Lipinski definition) is 4. The first-order valence-corrected chi connectivity index (χ1v) is 10.1. The molecule has 6 heteroatoms. The van der Waals surface area contributed by atoms with Gasteiger partial charge >= 0.3 is 0 Å². The summed E-state index contributed by atoms with van der Waals surface area (Å²) >= 11 is 2.05. The first-order valence-electron chi connectivity index (χ1n) is 9.02. The van der Waals surface area contributed by atoms with E-state index in [9.17, 15) is 4.79 Å². The Hall–Kier alpha value is -0.750. The van der Waals surface area contributed by atoms with Gasteiger partial charge in [-0.1, -0.05) is 25.0 Å². The molecule has 25 heavy (non-hydrogen) atoms. The summed E-state index contributed by atoms with van der Waals surface area (Å²) in [6.07, 6.45) is 6.85. The normalized spacial score (nSPS) is 20.0. The van der Waals surface area contributed by atoms with Crippen molar-refractivity contribution in [1.29, 1.82) is 0 Å². The predicted molar refractivity (Wildman–Crippen MR) is 107 cm³/mol. The van der Waals surface area contributed by atoms with Gasteiger partial charge in [0.05, 0.1) is 5.41 Å². The van der Waals surface area contributed by atoms with Crippen molar-refractivity contribution in [3.63, 3.8) is 0 Å². The van der Waals surface area contributed by atoms with E-state index in [2.05, 4.69) is 17.4 Å². The molecule has 0 bridgehead atoms. The molecular weight excluding hydrogens is 356 g/mol. The lowest BCUT2D eigenvalue weighted by Gasteiger charge is -2.34. The molecule has 1 aromatic rings. The maximum Gasteiger partial charge on any atom is 0.232 e. The van der Waals surface area contributed by atoms with E-state index in [4.69, 9.17) is 10.5 Å². The number of carbonyl (C=O) groups excluding carboxylic acids is 1. The van der Waals surface area contributed by atoms with Gasteiger partial charge in [-0.05, 0) is 43.4 Å². The lowest BCUT2D eigenvalue weighted by Crippen LogP contribution is -2.46. The average molecular weight is 385 g/mol. The Labute approximate surface area is 161 Å². The van der Waals surface area contributed by atoms with Crippen molar-refractivity contribution in [3.8, 4) is 0 Å². The lowest BCUT2D eigenvalue weighted by atomic mass is 9.79. The summed E-state index contributed by atoms with van der Waals surface area (Å²) in [5, 5.41) is 3.90. The van der Waals surface area contributed by atoms with E-state index in [1.54, 1.807) is 0 Å². The van der Waals surface area contributed by atoms with Gasteiger partial charge in [-0.25, -0.2) is 0 Å². The second-order valence-electron chi connectivity index (χ2n) is 6.97. The van der Waals surface area contributed by atoms with E-state index in [1.165, 1.54) is 31.2 Å². The van der Waals surface area contributed by atoms with Gasteiger partial charge in [0.1, 0.15) is 0 Å². The molecule has 0 spiro atoms. The molecule has 0 unspecified atom stereocenters. The fourth-order valence-corrected chi connectivity index (χ4v) is 4.83. The molecule has 2 aliphatic rings. The SMILES string of the molecule is Cl.NCC1(C(=O)Nc2cccc(CSC3CCCC3)c2)CCOCC1. The number of amides is 1. The zero-order valence-corrected chi connectivity index (χ0v) is 16.3. The van der Waals surface area contributed by atoms with E-state index in [1.807, 2.05) is 23.9 Å². The lowest BCUT2D eigenvalue weighted by molar-refractivity contribution is -0.130. The van der Waals surface area contributed by atoms with Gasteiger partial charge in [0.25, 0.3) is 0 Å². The Bertz CT molecular complexity index is 558. The summed E-state index contributed by atoms with van der Waals surface area (Å²) in [4.78, 5) is 12.7. The second-order valence-corrected chi connectivity index (χ2v) is 8.26. The smallest absolute Gasteiger partial charge is 0.232 e. The van der Waals surface area contributed by atoms with Gasteiger partial charge < -0.3 is 15.8 Å². The zero-order valence-electron chi connectivity index (χ0n) is 14.7. The fraction of sp³-hybridized carbons (Fsp3) is 0.632. The van der Waals surface area contributed by atoms with Crippen LogP contribution in [0.15, 0.2) is 24.3 Å². The number of anilines is 1. The van der Waals surface area contributed by atoms with Gasteiger partial charge in [-0.3, -0.25) is 4.79 Å². The number of benzene rings is 1. The van der Waals surface area contributed by atoms with E-state index in [0.29, 0.717) is 32.6 Å². The van der Waals surface area contributed by atoms with Crippen molar-refractivity contribution in [2.45, 2.75) is 49.5 Å². The van der Waals surface area contributed by atoms with E-state index < -0.39 is 5.41 Å². The zero-order chi connectivity index (χ0) is 16.8. The molecule has 1 aromatic carbocycles. The third-order valence-corrected chi connectivity index (χ3v) is 6.74. The Morgan fingerprint density at radius 3 is 2.68 bits per heavy atom. The maximum absolute atomic E-state index is 12.7. The maximum atomic E-state index is 12.7. The van der Waals surface area contributed by atoms with Crippen LogP contribution in [0, 0.1) is 5.41 Å². The van der Waals surface area contributed by atoms with Crippen molar-refractivity contribution in [1.82, 2.24) is 0 Å². The summed E-state index contributed by atoms with van der Waals surface area (Å²) in [5.74, 6) is 1.05. The van der Waals surface area contributed by atoms with Crippen LogP contribution >= 0.6 is 24.2 Å². The summed E-state index contributed by atoms with van der Waals surface area (Å²) < 4.78 is 5.39. The summed E-state index contributed by atoms with van der Waals surface area (Å²) in [6.45, 7) is 1.60. The molecule has 4 nitrogen and oxygen atoms in total. The topological polar surface area (TPSA) is 64.4 Å². The predicted octanol–water partition coefficient (Wildman–Crippen LogP) is 3.98. The Morgan fingerprint density at radius 2 is 2.00 bits per heavy atom. The first kappa shape index (κ1) is 20.6. The van der Waals surface area contributed by atoms with Crippen LogP contribution in [0.4, 0.5) is 5.69 Å². The summed E-state index contributed by atoms with van der Waals surface area (Å²) in [5.41, 5.74) is 7.60. The monoisotopic (exact) mass is 384 g/mol. The highest BCUT2D eigenvalue weighted by atomic mass is 35.5. The molecule has 0 radical (unpaired) electrons. The van der Waals surface area contributed by atoms with E-state index in [-0.39, 0.29) is 18.3 Å². The minimum absolute atomic E-state index is 0. The highest BCUT2D eigenvalue weighted by Crippen LogP contribution is 2.33. The summed E-state index contributed by atoms with van der Waals surface area (Å²) in [6, 6.07) is 8.23. The fourth-order valence-electron chi connectivity index (χ4n) is 3.56. The number of carbonyl (C=O) groups is 1. The van der Waals surface area contributed by atoms with Crippen molar-refractivity contribution >= 4 is 35.8 Å². The van der Waals surface area contributed by atoms with Crippen LogP contribution in [-0.2, 0) is 15.3 Å². The molecule has 3 N–H and O–H groups in total. The third kappa shape index (κ3) is 5.36. The number of ether oxygens (including phenoxy) is 1. The number of thioether (sulfide) groups is 1. The summed E-state index contributed by atoms with van der Waals surface area (Å²) in [7, 11) is 0. The average Bonchev–Trinajstić information content (AvgIpc) is 3.14. The molecule has 1 saturated carbocycles. The number of nitrogens with one attached hydrogen (secondary N) is 1. The van der Waals surface area contributed by atoms with Crippen LogP contribution in [0.5, 0.6) is 0 Å². The van der Waals surface area contributed by atoms with Gasteiger partial charge in [0, 0.05) is 36.4 Å². The van der Waals surface area contributed by atoms with Gasteiger partial charge in [0.2, 0.25) is 5.91 Å². The number of nitrogens with two attached hydrogens (primary N) is 1. The molecule has 1 saturated heterocycles. The molecule has 1 amide bonds. The minimum atomic E-state index is -0.479. The quantitative estimate of drug-likeness (QED) is 0.778. The van der Waals surface area contributed by atoms with Crippen LogP contribution in [-0.4, -0.2) is 30.9 Å². The molecule has 0 aromatic heterocycles. The van der Waals surface area contributed by atoms with Crippen molar-refractivity contribution in [3.05, 3.63) is 29.8 Å². The molecule has 1 aliphatic carbocycles. The highest BCUT2D eigenvalue weighted by molar-refractivity contribution is 7.99. The standard InChI is InChI=1S/C19H28N2O2S.ClH/c20-14-19(8-10-23-11-9-19)18(22)21-16-5-3-4-15(12-16)13-24-17-6-1-2-7-17;/h3-5,12,17H,1-2,6-11,13-14,20H2,(H,21,22);1H. The van der Waals surface area contributed by atoms with Crippen LogP contribution in [0.1, 0.15) is 44.1 Å². The molecule has 1 heterocycles. The van der Waals surface area contributed by atoms with Gasteiger partial charge in [-0.2, -0.15) is 11.8 Å². The highest BCUT2D eigenvalue weighted by Gasteiger charge is 2.38. The Morgan fingerprint density at radius 1 is 1.28 bits per heavy atom. The molecule has 2 fully saturated rings. The van der Waals surface area contributed by atoms with Crippen LogP contribution in [0.2, 0.25) is 0 Å². The molecular formula is C19H29ClN2O2S. The van der Waals surface area contributed by atoms with Crippen molar-refractivity contribution < 1.29 is 9.53 Å². The van der Waals surface area contributed by atoms with Crippen LogP contribution in [0.3, 0.4) is 0 Å². The van der Waals surface area contributed by atoms with E-state index >= 15 is 0 Å². The Kier molecular flexibility index (Phi) is 8.07. The first-order chi connectivity index (χ1) is 11.7. The molecule has 140 valence electrons. The number of halogens is 1. The Balaban J connectivity index is 0.00000225. The molecule has 3 rings (SSSR count). The van der Waals surface area contributed by atoms with Crippen molar-refractivity contribution in [2.75, 3.05) is 25.1 Å². The van der Waals surface area contributed by atoms with Crippen molar-refractivity contribution in [2.24, 2.45) is 11.1 Å². The molecule has 0 atom stereocenters. The van der Waals surface area contributed by atoms with E-state index in [0.717, 1.165) is 16.7 Å². The number of hydrogen-bond donors (Lipinski definition) is 2. The third-order valence-electron chi connectivity index (χ3n) is 5.30. The second kappa shape index (κ2) is 9.81. The van der Waals surface area contributed by atoms with Gasteiger partial charge in [-0.15, -0.1) is 12.4 Å². The van der Waals surface area contributed by atoms with Crippen LogP contribution < -0.4 is 11.1 Å².